The van der Waals surface area contributed by atoms with Gasteiger partial charge in [0.1, 0.15) is 0 Å². The van der Waals surface area contributed by atoms with Crippen LogP contribution in [0.4, 0.5) is 13.2 Å². The van der Waals surface area contributed by atoms with E-state index in [0.29, 0.717) is 16.8 Å². The number of aromatic nitrogens is 4. The van der Waals surface area contributed by atoms with Crippen LogP contribution in [-0.4, -0.2) is 26.8 Å². The summed E-state index contributed by atoms with van der Waals surface area (Å²) in [6.45, 7) is 3.03. The summed E-state index contributed by atoms with van der Waals surface area (Å²) in [6.07, 6.45) is -3.58. The van der Waals surface area contributed by atoms with Gasteiger partial charge in [-0.3, -0.25) is 0 Å². The van der Waals surface area contributed by atoms with Crippen molar-refractivity contribution in [3.05, 3.63) is 34.1 Å². The third-order valence-corrected chi connectivity index (χ3v) is 3.23. The van der Waals surface area contributed by atoms with Crippen LogP contribution in [0.3, 0.4) is 0 Å². The first kappa shape index (κ1) is 15.9. The van der Waals surface area contributed by atoms with Gasteiger partial charge in [0.15, 0.2) is 5.82 Å². The Labute approximate surface area is 127 Å². The maximum absolute atomic E-state index is 13.1. The van der Waals surface area contributed by atoms with Gasteiger partial charge in [-0.15, -0.1) is 5.10 Å². The van der Waals surface area contributed by atoms with Gasteiger partial charge in [0.25, 0.3) is 0 Å². The quantitative estimate of drug-likeness (QED) is 0.829. The molecule has 2 aromatic rings. The average Bonchev–Trinajstić information content (AvgIpc) is 2.86. The molecule has 0 saturated carbocycles. The Kier molecular flexibility index (Phi) is 4.94. The highest BCUT2D eigenvalue weighted by molar-refractivity contribution is 9.10. The molecular formula is C12H13BrF3N5. The molecule has 0 aliphatic rings. The van der Waals surface area contributed by atoms with Gasteiger partial charge in [-0.1, -0.05) is 22.9 Å². The number of nitrogens with one attached hydrogen (secondary N) is 1. The van der Waals surface area contributed by atoms with Gasteiger partial charge < -0.3 is 5.32 Å². The third-order valence-electron chi connectivity index (χ3n) is 2.74. The fraction of sp³-hybridized carbons (Fsp3) is 0.417. The first-order valence-electron chi connectivity index (χ1n) is 6.28. The first-order valence-corrected chi connectivity index (χ1v) is 7.08. The van der Waals surface area contributed by atoms with E-state index < -0.39 is 11.7 Å². The van der Waals surface area contributed by atoms with E-state index in [2.05, 4.69) is 36.8 Å². The van der Waals surface area contributed by atoms with Crippen LogP contribution in [0.1, 0.15) is 24.7 Å². The highest BCUT2D eigenvalue weighted by Crippen LogP contribution is 2.35. The van der Waals surface area contributed by atoms with Gasteiger partial charge in [-0.05, 0) is 41.6 Å². The molecule has 0 aliphatic heterocycles. The smallest absolute Gasteiger partial charge is 0.310 e. The maximum atomic E-state index is 13.1. The normalized spacial score (nSPS) is 11.9. The Hall–Kier alpha value is -1.48. The molecule has 5 nitrogen and oxygen atoms in total. The predicted molar refractivity (Wildman–Crippen MR) is 73.9 cm³/mol. The van der Waals surface area contributed by atoms with Crippen molar-refractivity contribution >= 4 is 15.9 Å². The van der Waals surface area contributed by atoms with Gasteiger partial charge in [0.05, 0.1) is 17.8 Å². The zero-order valence-corrected chi connectivity index (χ0v) is 12.7. The average molecular weight is 364 g/mol. The van der Waals surface area contributed by atoms with Crippen molar-refractivity contribution < 1.29 is 13.2 Å². The highest BCUT2D eigenvalue weighted by Gasteiger charge is 2.35. The van der Waals surface area contributed by atoms with Crippen LogP contribution in [0.5, 0.6) is 0 Å². The lowest BCUT2D eigenvalue weighted by Gasteiger charge is -2.14. The molecule has 1 aromatic heterocycles. The van der Waals surface area contributed by atoms with E-state index >= 15 is 0 Å². The van der Waals surface area contributed by atoms with Gasteiger partial charge >= 0.3 is 6.18 Å². The van der Waals surface area contributed by atoms with E-state index in [1.807, 2.05) is 6.92 Å². The van der Waals surface area contributed by atoms with E-state index in [-0.39, 0.29) is 5.69 Å². The number of tetrazole rings is 1. The molecule has 0 saturated heterocycles. The van der Waals surface area contributed by atoms with Crippen molar-refractivity contribution in [3.8, 4) is 5.69 Å². The lowest BCUT2D eigenvalue weighted by molar-refractivity contribution is -0.137. The fourth-order valence-electron chi connectivity index (χ4n) is 1.80. The fourth-order valence-corrected chi connectivity index (χ4v) is 2.16. The monoisotopic (exact) mass is 363 g/mol. The van der Waals surface area contributed by atoms with E-state index in [0.717, 1.165) is 23.7 Å². The molecule has 1 aromatic carbocycles. The van der Waals surface area contributed by atoms with Crippen molar-refractivity contribution in [2.24, 2.45) is 0 Å². The van der Waals surface area contributed by atoms with Crippen LogP contribution in [0.15, 0.2) is 22.7 Å². The van der Waals surface area contributed by atoms with Crippen LogP contribution in [0.2, 0.25) is 0 Å². The second-order valence-corrected chi connectivity index (χ2v) is 5.26. The lowest BCUT2D eigenvalue weighted by Crippen LogP contribution is -2.19. The number of hydrogen-bond donors (Lipinski definition) is 1. The summed E-state index contributed by atoms with van der Waals surface area (Å²) in [5, 5.41) is 14.0. The molecule has 9 heteroatoms. The van der Waals surface area contributed by atoms with Crippen molar-refractivity contribution in [2.45, 2.75) is 26.1 Å². The van der Waals surface area contributed by atoms with Gasteiger partial charge in [0.2, 0.25) is 0 Å². The van der Waals surface area contributed by atoms with Crippen molar-refractivity contribution in [3.63, 3.8) is 0 Å². The zero-order valence-electron chi connectivity index (χ0n) is 11.2. The number of alkyl halides is 3. The minimum Gasteiger partial charge on any atom is -0.310 e. The third kappa shape index (κ3) is 3.79. The van der Waals surface area contributed by atoms with Crippen LogP contribution < -0.4 is 5.32 Å². The Bertz CT molecular complexity index is 611. The number of nitrogens with zero attached hydrogens (tertiary/aromatic N) is 4. The lowest BCUT2D eigenvalue weighted by atomic mass is 10.1. The summed E-state index contributed by atoms with van der Waals surface area (Å²) in [6, 6.07) is 3.88. The molecule has 0 amide bonds. The van der Waals surface area contributed by atoms with E-state index in [9.17, 15) is 13.2 Å². The zero-order chi connectivity index (χ0) is 15.5. The van der Waals surface area contributed by atoms with Gasteiger partial charge in [-0.2, -0.15) is 17.9 Å². The van der Waals surface area contributed by atoms with Crippen molar-refractivity contribution in [1.29, 1.82) is 0 Å². The molecule has 0 fully saturated rings. The van der Waals surface area contributed by atoms with Crippen LogP contribution >= 0.6 is 15.9 Å². The SMILES string of the molecule is CCCNCc1nnnn1-c1ccc(Br)cc1C(F)(F)F. The minimum atomic E-state index is -4.49. The summed E-state index contributed by atoms with van der Waals surface area (Å²) in [7, 11) is 0. The Balaban J connectivity index is 2.41. The van der Waals surface area contributed by atoms with Crippen LogP contribution in [0.25, 0.3) is 5.69 Å². The summed E-state index contributed by atoms with van der Waals surface area (Å²) in [5.41, 5.74) is -0.884. The minimum absolute atomic E-state index is 0.0935. The molecule has 0 aliphatic carbocycles. The summed E-state index contributed by atoms with van der Waals surface area (Å²) < 4.78 is 40.9. The maximum Gasteiger partial charge on any atom is 0.418 e. The van der Waals surface area contributed by atoms with Crippen molar-refractivity contribution in [2.75, 3.05) is 6.54 Å². The summed E-state index contributed by atoms with van der Waals surface area (Å²) in [4.78, 5) is 0. The first-order chi connectivity index (χ1) is 9.93. The largest absolute Gasteiger partial charge is 0.418 e. The van der Waals surface area contributed by atoms with Gasteiger partial charge in [0, 0.05) is 4.47 Å². The molecule has 21 heavy (non-hydrogen) atoms. The van der Waals surface area contributed by atoms with E-state index in [1.54, 1.807) is 0 Å². The number of halogens is 4. The molecule has 114 valence electrons. The molecule has 1 N–H and O–H groups in total. The van der Waals surface area contributed by atoms with Crippen molar-refractivity contribution in [1.82, 2.24) is 25.5 Å². The van der Waals surface area contributed by atoms with Gasteiger partial charge in [-0.25, -0.2) is 0 Å². The van der Waals surface area contributed by atoms with Crippen LogP contribution in [0, 0.1) is 0 Å². The topological polar surface area (TPSA) is 55.6 Å². The Morgan fingerprint density at radius 2 is 2.10 bits per heavy atom. The molecule has 0 radical (unpaired) electrons. The molecular weight excluding hydrogens is 351 g/mol. The molecule has 0 atom stereocenters. The Morgan fingerprint density at radius 1 is 1.33 bits per heavy atom. The Morgan fingerprint density at radius 3 is 2.76 bits per heavy atom. The molecule has 2 rings (SSSR count). The number of rotatable bonds is 5. The molecule has 0 spiro atoms. The second kappa shape index (κ2) is 6.52. The molecule has 0 bridgehead atoms. The number of benzene rings is 1. The van der Waals surface area contributed by atoms with E-state index in [1.165, 1.54) is 12.1 Å². The summed E-state index contributed by atoms with van der Waals surface area (Å²) in [5.74, 6) is 0.330. The molecule has 0 unspecified atom stereocenters. The molecule has 1 heterocycles. The predicted octanol–water partition coefficient (Wildman–Crippen LogP) is 2.94. The van der Waals surface area contributed by atoms with E-state index in [4.69, 9.17) is 0 Å². The second-order valence-electron chi connectivity index (χ2n) is 4.34. The highest BCUT2D eigenvalue weighted by atomic mass is 79.9. The number of hydrogen-bond acceptors (Lipinski definition) is 4. The van der Waals surface area contributed by atoms with Crippen LogP contribution in [-0.2, 0) is 12.7 Å². The standard InChI is InChI=1S/C12H13BrF3N5/c1-2-5-17-7-11-18-19-20-21(11)10-4-3-8(13)6-9(10)12(14,15)16/h3-4,6,17H,2,5,7H2,1H3. The summed E-state index contributed by atoms with van der Waals surface area (Å²) >= 11 is 3.05.